The summed E-state index contributed by atoms with van der Waals surface area (Å²) in [4.78, 5) is 22.2. The average molecular weight is 350 g/mol. The first-order chi connectivity index (χ1) is 9.99. The van der Waals surface area contributed by atoms with E-state index in [1.807, 2.05) is 6.07 Å². The molecule has 7 heteroatoms. The van der Waals surface area contributed by atoms with Crippen LogP contribution < -0.4 is 11.1 Å². The number of benzene rings is 2. The highest BCUT2D eigenvalue weighted by Gasteiger charge is 2.17. The van der Waals surface area contributed by atoms with Crippen LogP contribution in [0.2, 0.25) is 0 Å². The standard InChI is InChI=1S/C14H12BrN3O3/c15-11-8-10(18(20)21)6-7-12(11)17-14(19)13(16)9-4-2-1-3-5-9/h1-8,13H,16H2,(H,17,19)/t13-/m1/s1. The normalized spacial score (nSPS) is 11.7. The van der Waals surface area contributed by atoms with Crippen LogP contribution in [-0.4, -0.2) is 10.8 Å². The van der Waals surface area contributed by atoms with Crippen molar-refractivity contribution in [1.82, 2.24) is 0 Å². The second-order valence-corrected chi connectivity index (χ2v) is 5.15. The molecule has 0 bridgehead atoms. The Morgan fingerprint density at radius 3 is 2.48 bits per heavy atom. The maximum absolute atomic E-state index is 12.1. The van der Waals surface area contributed by atoms with E-state index >= 15 is 0 Å². The van der Waals surface area contributed by atoms with E-state index in [1.165, 1.54) is 18.2 Å². The van der Waals surface area contributed by atoms with Crippen molar-refractivity contribution in [3.05, 3.63) is 68.7 Å². The zero-order valence-electron chi connectivity index (χ0n) is 10.8. The number of non-ortho nitro benzene ring substituents is 1. The molecule has 3 N–H and O–H groups in total. The summed E-state index contributed by atoms with van der Waals surface area (Å²) < 4.78 is 0.422. The number of hydrogen-bond donors (Lipinski definition) is 2. The molecule has 21 heavy (non-hydrogen) atoms. The first kappa shape index (κ1) is 15.1. The molecule has 0 aliphatic rings. The van der Waals surface area contributed by atoms with E-state index in [4.69, 9.17) is 5.73 Å². The van der Waals surface area contributed by atoms with Gasteiger partial charge in [-0.25, -0.2) is 0 Å². The molecule has 0 radical (unpaired) electrons. The predicted molar refractivity (Wildman–Crippen MR) is 82.8 cm³/mol. The highest BCUT2D eigenvalue weighted by atomic mass is 79.9. The lowest BCUT2D eigenvalue weighted by Crippen LogP contribution is -2.27. The highest BCUT2D eigenvalue weighted by Crippen LogP contribution is 2.27. The first-order valence-electron chi connectivity index (χ1n) is 6.04. The second kappa shape index (κ2) is 6.47. The van der Waals surface area contributed by atoms with Gasteiger partial charge >= 0.3 is 0 Å². The van der Waals surface area contributed by atoms with Crippen LogP contribution in [0.3, 0.4) is 0 Å². The third-order valence-corrected chi connectivity index (χ3v) is 3.52. The van der Waals surface area contributed by atoms with Crippen LogP contribution in [0.4, 0.5) is 11.4 Å². The number of nitrogens with zero attached hydrogens (tertiary/aromatic N) is 1. The summed E-state index contributed by atoms with van der Waals surface area (Å²) in [6.07, 6.45) is 0. The Balaban J connectivity index is 2.15. The Bertz CT molecular complexity index is 676. The zero-order valence-corrected chi connectivity index (χ0v) is 12.4. The van der Waals surface area contributed by atoms with E-state index in [0.717, 1.165) is 0 Å². The third kappa shape index (κ3) is 3.65. The number of amides is 1. The Hall–Kier alpha value is -2.25. The van der Waals surface area contributed by atoms with Crippen molar-refractivity contribution in [2.24, 2.45) is 5.73 Å². The number of nitrogens with two attached hydrogens (primary N) is 1. The van der Waals surface area contributed by atoms with Crippen molar-refractivity contribution in [3.8, 4) is 0 Å². The summed E-state index contributed by atoms with van der Waals surface area (Å²) in [6.45, 7) is 0. The van der Waals surface area contributed by atoms with Gasteiger partial charge in [0.1, 0.15) is 6.04 Å². The maximum Gasteiger partial charge on any atom is 0.270 e. The zero-order chi connectivity index (χ0) is 15.4. The minimum Gasteiger partial charge on any atom is -0.323 e. The number of carbonyl (C=O) groups excluding carboxylic acids is 1. The van der Waals surface area contributed by atoms with Crippen LogP contribution in [0.15, 0.2) is 53.0 Å². The van der Waals surface area contributed by atoms with Gasteiger partial charge in [-0.15, -0.1) is 0 Å². The Labute approximate surface area is 129 Å². The van der Waals surface area contributed by atoms with Crippen molar-refractivity contribution in [2.75, 3.05) is 5.32 Å². The van der Waals surface area contributed by atoms with Crippen LogP contribution in [0.25, 0.3) is 0 Å². The van der Waals surface area contributed by atoms with Gasteiger partial charge in [-0.05, 0) is 27.6 Å². The molecule has 0 fully saturated rings. The molecule has 2 rings (SSSR count). The number of nitro benzene ring substituents is 1. The molecule has 0 aliphatic heterocycles. The predicted octanol–water partition coefficient (Wildman–Crippen LogP) is 3.00. The fourth-order valence-corrected chi connectivity index (χ4v) is 2.21. The van der Waals surface area contributed by atoms with E-state index in [9.17, 15) is 14.9 Å². The number of nitro groups is 1. The van der Waals surface area contributed by atoms with Gasteiger partial charge in [0.05, 0.1) is 10.6 Å². The van der Waals surface area contributed by atoms with E-state index in [-0.39, 0.29) is 5.69 Å². The summed E-state index contributed by atoms with van der Waals surface area (Å²) in [7, 11) is 0. The van der Waals surface area contributed by atoms with E-state index in [0.29, 0.717) is 15.7 Å². The van der Waals surface area contributed by atoms with Crippen molar-refractivity contribution < 1.29 is 9.72 Å². The average Bonchev–Trinajstić information content (AvgIpc) is 2.49. The van der Waals surface area contributed by atoms with Gasteiger partial charge < -0.3 is 11.1 Å². The molecule has 1 atom stereocenters. The Kier molecular flexibility index (Phi) is 4.66. The number of hydrogen-bond acceptors (Lipinski definition) is 4. The molecular weight excluding hydrogens is 338 g/mol. The van der Waals surface area contributed by atoms with Gasteiger partial charge in [0.15, 0.2) is 0 Å². The van der Waals surface area contributed by atoms with Crippen molar-refractivity contribution >= 4 is 33.2 Å². The van der Waals surface area contributed by atoms with Gasteiger partial charge in [-0.1, -0.05) is 30.3 Å². The quantitative estimate of drug-likeness (QED) is 0.654. The molecule has 0 saturated carbocycles. The maximum atomic E-state index is 12.1. The molecule has 0 spiro atoms. The molecule has 0 aromatic heterocycles. The van der Waals surface area contributed by atoms with Gasteiger partial charge in [0.25, 0.3) is 5.69 Å². The molecule has 0 heterocycles. The number of halogens is 1. The smallest absolute Gasteiger partial charge is 0.270 e. The number of rotatable bonds is 4. The lowest BCUT2D eigenvalue weighted by Gasteiger charge is -2.13. The molecule has 0 saturated heterocycles. The van der Waals surface area contributed by atoms with Crippen molar-refractivity contribution in [3.63, 3.8) is 0 Å². The molecular formula is C14H12BrN3O3. The fraction of sp³-hybridized carbons (Fsp3) is 0.0714. The summed E-state index contributed by atoms with van der Waals surface area (Å²) in [5, 5.41) is 13.3. The molecule has 6 nitrogen and oxygen atoms in total. The van der Waals surface area contributed by atoms with Crippen molar-refractivity contribution in [1.29, 1.82) is 0 Å². The van der Waals surface area contributed by atoms with Gasteiger partial charge in [0.2, 0.25) is 5.91 Å². The molecule has 108 valence electrons. The highest BCUT2D eigenvalue weighted by molar-refractivity contribution is 9.10. The second-order valence-electron chi connectivity index (χ2n) is 4.30. The van der Waals surface area contributed by atoms with E-state index in [1.54, 1.807) is 24.3 Å². The topological polar surface area (TPSA) is 98.3 Å². The molecule has 0 aliphatic carbocycles. The lowest BCUT2D eigenvalue weighted by molar-refractivity contribution is -0.384. The minimum atomic E-state index is -0.812. The van der Waals surface area contributed by atoms with E-state index < -0.39 is 16.9 Å². The lowest BCUT2D eigenvalue weighted by atomic mass is 10.1. The Morgan fingerprint density at radius 1 is 1.24 bits per heavy atom. The van der Waals surface area contributed by atoms with Gasteiger partial charge in [-0.3, -0.25) is 14.9 Å². The summed E-state index contributed by atoms with van der Waals surface area (Å²) in [6, 6.07) is 12.2. The van der Waals surface area contributed by atoms with Crippen LogP contribution in [-0.2, 0) is 4.79 Å². The molecule has 2 aromatic rings. The summed E-state index contributed by atoms with van der Waals surface area (Å²) in [5.74, 6) is -0.393. The Morgan fingerprint density at radius 2 is 1.90 bits per heavy atom. The third-order valence-electron chi connectivity index (χ3n) is 2.86. The fourth-order valence-electron chi connectivity index (χ4n) is 1.74. The van der Waals surface area contributed by atoms with Crippen LogP contribution >= 0.6 is 15.9 Å². The van der Waals surface area contributed by atoms with Crippen LogP contribution in [0.1, 0.15) is 11.6 Å². The van der Waals surface area contributed by atoms with E-state index in [2.05, 4.69) is 21.2 Å². The SMILES string of the molecule is N[C@@H](C(=O)Nc1ccc([N+](=O)[O-])cc1Br)c1ccccc1. The van der Waals surface area contributed by atoms with Crippen LogP contribution in [0.5, 0.6) is 0 Å². The number of carbonyl (C=O) groups is 1. The van der Waals surface area contributed by atoms with Gasteiger partial charge in [-0.2, -0.15) is 0 Å². The minimum absolute atomic E-state index is 0.0627. The van der Waals surface area contributed by atoms with Crippen molar-refractivity contribution in [2.45, 2.75) is 6.04 Å². The van der Waals surface area contributed by atoms with Crippen LogP contribution in [0, 0.1) is 10.1 Å². The summed E-state index contributed by atoms with van der Waals surface area (Å²) in [5.41, 5.74) is 6.93. The van der Waals surface area contributed by atoms with Gasteiger partial charge in [0, 0.05) is 16.6 Å². The number of nitrogens with one attached hydrogen (secondary N) is 1. The molecule has 1 amide bonds. The molecule has 2 aromatic carbocycles. The molecule has 0 unspecified atom stereocenters. The number of anilines is 1. The largest absolute Gasteiger partial charge is 0.323 e. The monoisotopic (exact) mass is 349 g/mol. The first-order valence-corrected chi connectivity index (χ1v) is 6.83. The summed E-state index contributed by atoms with van der Waals surface area (Å²) >= 11 is 3.19.